The number of phenolic OH excluding ortho intramolecular Hbond substituents is 2. The summed E-state index contributed by atoms with van der Waals surface area (Å²) in [6, 6.07) is 11.9. The average molecular weight is 257 g/mol. The van der Waals surface area contributed by atoms with Crippen molar-refractivity contribution in [3.63, 3.8) is 0 Å². The van der Waals surface area contributed by atoms with Crippen molar-refractivity contribution >= 4 is 17.8 Å². The van der Waals surface area contributed by atoms with Crippen LogP contribution in [0.25, 0.3) is 12.2 Å². The average Bonchev–Trinajstić information content (AvgIpc) is 2.36. The summed E-state index contributed by atoms with van der Waals surface area (Å²) in [5.74, 6) is -1.12. The van der Waals surface area contributed by atoms with E-state index in [1.807, 2.05) is 30.3 Å². The van der Waals surface area contributed by atoms with Crippen LogP contribution >= 0.6 is 0 Å². The summed E-state index contributed by atoms with van der Waals surface area (Å²) in [7, 11) is 0. The third kappa shape index (κ3) is 2.90. The Morgan fingerprint density at radius 2 is 1.47 bits per heavy atom. The zero-order valence-electron chi connectivity index (χ0n) is 9.85. The molecule has 0 bridgehead atoms. The Morgan fingerprint density at radius 1 is 0.947 bits per heavy atom. The minimum Gasteiger partial charge on any atom is -0.502 e. The van der Waals surface area contributed by atoms with E-state index in [9.17, 15) is 20.3 Å². The van der Waals surface area contributed by atoms with Gasteiger partial charge < -0.3 is 10.2 Å². The van der Waals surface area contributed by atoms with Gasteiger partial charge in [-0.05, 0) is 23.3 Å². The predicted molar refractivity (Wildman–Crippen MR) is 71.8 cm³/mol. The van der Waals surface area contributed by atoms with Crippen LogP contribution in [0.3, 0.4) is 0 Å². The molecule has 5 heteroatoms. The Kier molecular flexibility index (Phi) is 3.47. The number of rotatable bonds is 3. The molecule has 0 atom stereocenters. The molecule has 0 saturated heterocycles. The number of hydrogen-bond acceptors (Lipinski definition) is 4. The van der Waals surface area contributed by atoms with Crippen LogP contribution in [0.1, 0.15) is 11.1 Å². The lowest BCUT2D eigenvalue weighted by molar-refractivity contribution is -0.386. The summed E-state index contributed by atoms with van der Waals surface area (Å²) in [4.78, 5) is 9.78. The van der Waals surface area contributed by atoms with Gasteiger partial charge in [-0.3, -0.25) is 10.1 Å². The van der Waals surface area contributed by atoms with Crippen molar-refractivity contribution < 1.29 is 15.1 Å². The summed E-state index contributed by atoms with van der Waals surface area (Å²) in [6.07, 6.45) is 3.43. The maximum atomic E-state index is 10.6. The Hall–Kier alpha value is -2.82. The highest BCUT2D eigenvalue weighted by Crippen LogP contribution is 2.36. The van der Waals surface area contributed by atoms with E-state index in [1.54, 1.807) is 12.2 Å². The standard InChI is InChI=1S/C14H11NO4/c16-12-8-11(9-13(17)14(12)15(18)19)7-6-10-4-2-1-3-5-10/h1-9,16-17H/b7-6+. The van der Waals surface area contributed by atoms with Crippen LogP contribution in [0.4, 0.5) is 5.69 Å². The first-order valence-electron chi connectivity index (χ1n) is 5.51. The summed E-state index contributed by atoms with van der Waals surface area (Å²) < 4.78 is 0. The first kappa shape index (κ1) is 12.6. The zero-order valence-corrected chi connectivity index (χ0v) is 9.85. The fraction of sp³-hybridized carbons (Fsp3) is 0. The molecule has 0 spiro atoms. The molecule has 0 heterocycles. The second-order valence-electron chi connectivity index (χ2n) is 3.91. The highest BCUT2D eigenvalue weighted by molar-refractivity contribution is 5.73. The predicted octanol–water partition coefficient (Wildman–Crippen LogP) is 3.18. The first-order valence-corrected chi connectivity index (χ1v) is 5.51. The van der Waals surface area contributed by atoms with Crippen LogP contribution in [0, 0.1) is 10.1 Å². The van der Waals surface area contributed by atoms with Crippen LogP contribution in [-0.2, 0) is 0 Å². The summed E-state index contributed by atoms with van der Waals surface area (Å²) in [5, 5.41) is 29.6. The highest BCUT2D eigenvalue weighted by atomic mass is 16.6. The van der Waals surface area contributed by atoms with Crippen molar-refractivity contribution in [2.24, 2.45) is 0 Å². The molecular weight excluding hydrogens is 246 g/mol. The van der Waals surface area contributed by atoms with Crippen LogP contribution in [-0.4, -0.2) is 15.1 Å². The largest absolute Gasteiger partial charge is 0.502 e. The molecule has 2 aromatic carbocycles. The molecule has 0 aliphatic heterocycles. The summed E-state index contributed by atoms with van der Waals surface area (Å²) in [6.45, 7) is 0. The molecule has 0 aliphatic rings. The highest BCUT2D eigenvalue weighted by Gasteiger charge is 2.19. The van der Waals surface area contributed by atoms with Crippen LogP contribution in [0.15, 0.2) is 42.5 Å². The summed E-state index contributed by atoms with van der Waals surface area (Å²) in [5.41, 5.74) is 0.737. The quantitative estimate of drug-likeness (QED) is 0.502. The van der Waals surface area contributed by atoms with Gasteiger partial charge >= 0.3 is 5.69 Å². The van der Waals surface area contributed by atoms with E-state index in [0.29, 0.717) is 5.56 Å². The van der Waals surface area contributed by atoms with E-state index < -0.39 is 22.1 Å². The second-order valence-corrected chi connectivity index (χ2v) is 3.91. The SMILES string of the molecule is O=[N+]([O-])c1c(O)cc(/C=C/c2ccccc2)cc1O. The van der Waals surface area contributed by atoms with Crippen LogP contribution in [0.5, 0.6) is 11.5 Å². The van der Waals surface area contributed by atoms with Gasteiger partial charge in [-0.15, -0.1) is 0 Å². The number of nitro groups is 1. The van der Waals surface area contributed by atoms with Crippen molar-refractivity contribution in [1.29, 1.82) is 0 Å². The third-order valence-electron chi connectivity index (χ3n) is 2.54. The van der Waals surface area contributed by atoms with Crippen molar-refractivity contribution in [3.05, 3.63) is 63.7 Å². The number of hydrogen-bond donors (Lipinski definition) is 2. The van der Waals surface area contributed by atoms with Crippen molar-refractivity contribution in [1.82, 2.24) is 0 Å². The molecule has 0 aromatic heterocycles. The van der Waals surface area contributed by atoms with E-state index in [0.717, 1.165) is 5.56 Å². The van der Waals surface area contributed by atoms with Crippen molar-refractivity contribution in [2.45, 2.75) is 0 Å². The van der Waals surface area contributed by atoms with E-state index in [-0.39, 0.29) is 0 Å². The molecule has 96 valence electrons. The fourth-order valence-electron chi connectivity index (χ4n) is 1.67. The molecule has 0 radical (unpaired) electrons. The molecule has 0 aliphatic carbocycles. The number of aromatic hydroxyl groups is 2. The molecule has 2 aromatic rings. The van der Waals surface area contributed by atoms with E-state index in [1.165, 1.54) is 12.1 Å². The minimum atomic E-state index is -0.824. The van der Waals surface area contributed by atoms with Gasteiger partial charge in [-0.1, -0.05) is 42.5 Å². The van der Waals surface area contributed by atoms with Crippen molar-refractivity contribution in [3.8, 4) is 11.5 Å². The molecular formula is C14H11NO4. The topological polar surface area (TPSA) is 83.6 Å². The van der Waals surface area contributed by atoms with E-state index in [4.69, 9.17) is 0 Å². The molecule has 2 N–H and O–H groups in total. The third-order valence-corrected chi connectivity index (χ3v) is 2.54. The zero-order chi connectivity index (χ0) is 13.8. The lowest BCUT2D eigenvalue weighted by Crippen LogP contribution is -1.90. The second kappa shape index (κ2) is 5.22. The van der Waals surface area contributed by atoms with E-state index >= 15 is 0 Å². The van der Waals surface area contributed by atoms with Gasteiger partial charge in [0.15, 0.2) is 11.5 Å². The molecule has 0 saturated carbocycles. The van der Waals surface area contributed by atoms with Crippen LogP contribution in [0.2, 0.25) is 0 Å². The number of nitro benzene ring substituents is 1. The molecule has 0 amide bonds. The Labute approximate surface area is 109 Å². The van der Waals surface area contributed by atoms with Crippen LogP contribution < -0.4 is 0 Å². The molecule has 5 nitrogen and oxygen atoms in total. The molecule has 0 unspecified atom stereocenters. The van der Waals surface area contributed by atoms with Gasteiger partial charge in [-0.25, -0.2) is 0 Å². The van der Waals surface area contributed by atoms with Gasteiger partial charge in [0.25, 0.3) is 0 Å². The van der Waals surface area contributed by atoms with Gasteiger partial charge in [0.2, 0.25) is 0 Å². The van der Waals surface area contributed by atoms with E-state index in [2.05, 4.69) is 0 Å². The van der Waals surface area contributed by atoms with Gasteiger partial charge in [0.1, 0.15) is 0 Å². The lowest BCUT2D eigenvalue weighted by Gasteiger charge is -2.01. The van der Waals surface area contributed by atoms with Gasteiger partial charge in [0, 0.05) is 0 Å². The molecule has 0 fully saturated rings. The van der Waals surface area contributed by atoms with Gasteiger partial charge in [-0.2, -0.15) is 0 Å². The minimum absolute atomic E-state index is 0.476. The monoisotopic (exact) mass is 257 g/mol. The summed E-state index contributed by atoms with van der Waals surface area (Å²) >= 11 is 0. The maximum Gasteiger partial charge on any atom is 0.351 e. The lowest BCUT2D eigenvalue weighted by atomic mass is 10.1. The molecule has 2 rings (SSSR count). The Balaban J connectivity index is 2.33. The van der Waals surface area contributed by atoms with Gasteiger partial charge in [0.05, 0.1) is 4.92 Å². The first-order chi connectivity index (χ1) is 9.08. The smallest absolute Gasteiger partial charge is 0.351 e. The normalized spacial score (nSPS) is 10.7. The number of benzene rings is 2. The molecule has 19 heavy (non-hydrogen) atoms. The number of phenols is 2. The maximum absolute atomic E-state index is 10.6. The van der Waals surface area contributed by atoms with Crippen molar-refractivity contribution in [2.75, 3.05) is 0 Å². The Morgan fingerprint density at radius 3 is 2.00 bits per heavy atom. The Bertz CT molecular complexity index is 612. The fourth-order valence-corrected chi connectivity index (χ4v) is 1.67. The number of nitrogens with zero attached hydrogens (tertiary/aromatic N) is 1.